The summed E-state index contributed by atoms with van der Waals surface area (Å²) < 4.78 is 26.3. The van der Waals surface area contributed by atoms with Gasteiger partial charge in [-0.3, -0.25) is 14.4 Å². The van der Waals surface area contributed by atoms with Gasteiger partial charge in [-0.1, -0.05) is 19.1 Å². The van der Waals surface area contributed by atoms with Gasteiger partial charge in [0.05, 0.1) is 23.3 Å². The van der Waals surface area contributed by atoms with E-state index in [1.54, 1.807) is 54.3 Å². The van der Waals surface area contributed by atoms with E-state index in [0.717, 1.165) is 12.8 Å². The highest BCUT2D eigenvalue weighted by atomic mass is 19.1. The molecular weight excluding hydrogens is 477 g/mol. The first-order valence-corrected chi connectivity index (χ1v) is 12.6. The van der Waals surface area contributed by atoms with Gasteiger partial charge in [0.2, 0.25) is 5.91 Å². The molecule has 3 atom stereocenters. The van der Waals surface area contributed by atoms with E-state index in [-0.39, 0.29) is 55.0 Å². The molecule has 2 aromatic rings. The van der Waals surface area contributed by atoms with Crippen LogP contribution in [0.3, 0.4) is 0 Å². The van der Waals surface area contributed by atoms with Crippen LogP contribution in [0.5, 0.6) is 5.75 Å². The van der Waals surface area contributed by atoms with E-state index in [0.29, 0.717) is 17.0 Å². The van der Waals surface area contributed by atoms with Gasteiger partial charge in [-0.05, 0) is 50.1 Å². The number of fused-ring (bicyclic) bond motifs is 1. The van der Waals surface area contributed by atoms with Crippen LogP contribution in [0.1, 0.15) is 47.4 Å². The Hall–Kier alpha value is -3.46. The van der Waals surface area contributed by atoms with Crippen LogP contribution >= 0.6 is 0 Å². The zero-order chi connectivity index (χ0) is 26.7. The van der Waals surface area contributed by atoms with Crippen LogP contribution in [0.15, 0.2) is 42.5 Å². The van der Waals surface area contributed by atoms with E-state index in [4.69, 9.17) is 9.47 Å². The predicted octanol–water partition coefficient (Wildman–Crippen LogP) is 3.82. The zero-order valence-corrected chi connectivity index (χ0v) is 21.7. The normalized spacial score (nSPS) is 22.8. The molecule has 1 heterocycles. The van der Waals surface area contributed by atoms with Gasteiger partial charge in [0.25, 0.3) is 11.8 Å². The molecule has 198 valence electrons. The van der Waals surface area contributed by atoms with Crippen LogP contribution in [-0.4, -0.2) is 73.5 Å². The average Bonchev–Trinajstić information content (AvgIpc) is 3.74. The van der Waals surface area contributed by atoms with Crippen LogP contribution in [-0.2, 0) is 9.53 Å². The topological polar surface area (TPSA) is 88.2 Å². The van der Waals surface area contributed by atoms with Crippen molar-refractivity contribution in [1.82, 2.24) is 9.80 Å². The molecule has 1 aliphatic carbocycles. The van der Waals surface area contributed by atoms with Crippen molar-refractivity contribution in [2.75, 3.05) is 39.2 Å². The van der Waals surface area contributed by atoms with Gasteiger partial charge >= 0.3 is 0 Å². The smallest absolute Gasteiger partial charge is 0.257 e. The number of hydrogen-bond acceptors (Lipinski definition) is 5. The number of methoxy groups -OCH3 is 1. The molecule has 0 spiro atoms. The molecule has 0 bridgehead atoms. The maximum absolute atomic E-state index is 14.5. The Morgan fingerprint density at radius 3 is 2.51 bits per heavy atom. The van der Waals surface area contributed by atoms with Gasteiger partial charge < -0.3 is 24.6 Å². The van der Waals surface area contributed by atoms with Crippen LogP contribution < -0.4 is 10.1 Å². The van der Waals surface area contributed by atoms with E-state index < -0.39 is 17.8 Å². The number of likely N-dealkylation sites (N-methyl/N-ethyl adjacent to an activating group) is 1. The Morgan fingerprint density at radius 2 is 1.84 bits per heavy atom. The van der Waals surface area contributed by atoms with E-state index >= 15 is 0 Å². The number of rotatable bonds is 4. The molecule has 1 saturated carbocycles. The number of anilines is 1. The van der Waals surface area contributed by atoms with E-state index in [1.807, 2.05) is 13.8 Å². The zero-order valence-electron chi connectivity index (χ0n) is 21.7. The van der Waals surface area contributed by atoms with Crippen molar-refractivity contribution < 1.29 is 28.2 Å². The molecule has 4 rings (SSSR count). The monoisotopic (exact) mass is 511 g/mol. The minimum atomic E-state index is -0.584. The van der Waals surface area contributed by atoms with Crippen LogP contribution in [0.4, 0.5) is 10.1 Å². The molecular formula is C28H34FN3O5. The summed E-state index contributed by atoms with van der Waals surface area (Å²) in [5, 5.41) is 2.88. The standard InChI is InChI=1S/C28H34FN3O5/c1-17-14-32(28(35)21-7-5-6-8-23(21)29)18(2)16-37-24-12-11-20(30-26(33)19-9-10-19)13-22(24)27(34)31(3)15-25(17)36-4/h5-8,11-13,17-19,25H,9-10,14-16H2,1-4H3,(H,30,33)/t17-,18-,25+/m0/s1. The van der Waals surface area contributed by atoms with Crippen molar-refractivity contribution in [3.63, 3.8) is 0 Å². The van der Waals surface area contributed by atoms with E-state index in [1.165, 1.54) is 12.1 Å². The van der Waals surface area contributed by atoms with Crippen LogP contribution in [0.2, 0.25) is 0 Å². The van der Waals surface area contributed by atoms with Crippen LogP contribution in [0, 0.1) is 17.7 Å². The second kappa shape index (κ2) is 11.3. The SMILES string of the molecule is CO[C@@H]1CN(C)C(=O)c2cc(NC(=O)C3CC3)ccc2OC[C@H](C)N(C(=O)c2ccccc2F)C[C@@H]1C. The molecule has 8 nitrogen and oxygen atoms in total. The Labute approximate surface area is 216 Å². The van der Waals surface area contributed by atoms with Gasteiger partial charge in [0.15, 0.2) is 0 Å². The number of benzene rings is 2. The second-order valence-corrected chi connectivity index (χ2v) is 10.0. The van der Waals surface area contributed by atoms with E-state index in [9.17, 15) is 18.8 Å². The second-order valence-electron chi connectivity index (χ2n) is 10.0. The quantitative estimate of drug-likeness (QED) is 0.674. The molecule has 1 N–H and O–H groups in total. The van der Waals surface area contributed by atoms with Crippen molar-refractivity contribution in [3.8, 4) is 5.75 Å². The lowest BCUT2D eigenvalue weighted by Crippen LogP contribution is -2.48. The summed E-state index contributed by atoms with van der Waals surface area (Å²) in [6.07, 6.45) is 1.37. The number of nitrogens with one attached hydrogen (secondary N) is 1. The summed E-state index contributed by atoms with van der Waals surface area (Å²) in [5.41, 5.74) is 0.818. The summed E-state index contributed by atoms with van der Waals surface area (Å²) in [5.74, 6) is -1.14. The maximum Gasteiger partial charge on any atom is 0.257 e. The van der Waals surface area contributed by atoms with Crippen molar-refractivity contribution in [2.24, 2.45) is 11.8 Å². The number of carbonyl (C=O) groups excluding carboxylic acids is 3. The molecule has 3 amide bonds. The largest absolute Gasteiger partial charge is 0.491 e. The third-order valence-corrected chi connectivity index (χ3v) is 7.03. The summed E-state index contributed by atoms with van der Waals surface area (Å²) in [7, 11) is 3.25. The van der Waals surface area contributed by atoms with E-state index in [2.05, 4.69) is 5.32 Å². The Bertz CT molecular complexity index is 1170. The van der Waals surface area contributed by atoms with Gasteiger partial charge in [0, 0.05) is 44.8 Å². The van der Waals surface area contributed by atoms with Crippen molar-refractivity contribution in [1.29, 1.82) is 0 Å². The summed E-state index contributed by atoms with van der Waals surface area (Å²) in [6.45, 7) is 4.41. The Balaban J connectivity index is 1.66. The molecule has 2 aromatic carbocycles. The predicted molar refractivity (Wildman–Crippen MR) is 137 cm³/mol. The molecule has 37 heavy (non-hydrogen) atoms. The lowest BCUT2D eigenvalue weighted by Gasteiger charge is -2.36. The fourth-order valence-corrected chi connectivity index (χ4v) is 4.52. The highest BCUT2D eigenvalue weighted by Crippen LogP contribution is 2.32. The fraction of sp³-hybridized carbons (Fsp3) is 0.464. The number of hydrogen-bond donors (Lipinski definition) is 1. The molecule has 9 heteroatoms. The molecule has 0 radical (unpaired) electrons. The lowest BCUT2D eigenvalue weighted by atomic mass is 10.0. The van der Waals surface area contributed by atoms with Gasteiger partial charge in [0.1, 0.15) is 18.2 Å². The minimum absolute atomic E-state index is 0.00801. The fourth-order valence-electron chi connectivity index (χ4n) is 4.52. The minimum Gasteiger partial charge on any atom is -0.491 e. The average molecular weight is 512 g/mol. The number of nitrogens with zero attached hydrogens (tertiary/aromatic N) is 2. The van der Waals surface area contributed by atoms with Gasteiger partial charge in [-0.15, -0.1) is 0 Å². The summed E-state index contributed by atoms with van der Waals surface area (Å²) >= 11 is 0. The molecule has 1 fully saturated rings. The molecule has 0 aromatic heterocycles. The number of carbonyl (C=O) groups is 3. The van der Waals surface area contributed by atoms with Crippen LogP contribution in [0.25, 0.3) is 0 Å². The number of ether oxygens (including phenoxy) is 2. The molecule has 0 unspecified atom stereocenters. The first-order chi connectivity index (χ1) is 17.7. The first kappa shape index (κ1) is 26.6. The van der Waals surface area contributed by atoms with Crippen molar-refractivity contribution in [2.45, 2.75) is 38.8 Å². The summed E-state index contributed by atoms with van der Waals surface area (Å²) in [4.78, 5) is 42.3. The van der Waals surface area contributed by atoms with Crippen molar-refractivity contribution >= 4 is 23.4 Å². The molecule has 0 saturated heterocycles. The maximum atomic E-state index is 14.5. The Morgan fingerprint density at radius 1 is 1.11 bits per heavy atom. The number of amides is 3. The number of halogens is 1. The van der Waals surface area contributed by atoms with Gasteiger partial charge in [-0.25, -0.2) is 4.39 Å². The molecule has 2 aliphatic rings. The highest BCUT2D eigenvalue weighted by molar-refractivity contribution is 6.00. The molecule has 1 aliphatic heterocycles. The van der Waals surface area contributed by atoms with Crippen molar-refractivity contribution in [3.05, 3.63) is 59.4 Å². The third-order valence-electron chi connectivity index (χ3n) is 7.03. The highest BCUT2D eigenvalue weighted by Gasteiger charge is 2.32. The summed E-state index contributed by atoms with van der Waals surface area (Å²) in [6, 6.07) is 10.5. The third kappa shape index (κ3) is 6.10. The first-order valence-electron chi connectivity index (χ1n) is 12.6. The Kier molecular flexibility index (Phi) is 8.12. The lowest BCUT2D eigenvalue weighted by molar-refractivity contribution is -0.117. The van der Waals surface area contributed by atoms with Gasteiger partial charge in [-0.2, -0.15) is 0 Å².